The van der Waals surface area contributed by atoms with E-state index < -0.39 is 40.5 Å². The average Bonchev–Trinajstić information content (AvgIpc) is 0.857. The number of rotatable bonds is 24. The standard InChI is InChI=1S/4C18H36N3OP.Cu.2NO3.2H2O/c4*22-23(19-16-10-4-1-5-11-16,20-17-12-6-2-7-13-17)21-18-14-8-3-9-15-18;;2*2-1(3)4;;/h4*16-18H,1-15H2,(H3,19,20,21,22);;;;2*1H2/q;;;;+2;2*-1;;/p+2. The zero-order chi connectivity index (χ0) is 71.0. The zero-order valence-electron chi connectivity index (χ0n) is 63.6. The molecule has 26 nitrogen and oxygen atoms in total. The maximum Gasteiger partial charge on any atom is 2.00 e. The zero-order valence-corrected chi connectivity index (χ0v) is 68.1. The van der Waals surface area contributed by atoms with Crippen LogP contribution in [0.25, 0.3) is 0 Å². The van der Waals surface area contributed by atoms with E-state index in [0.29, 0.717) is 72.5 Å². The van der Waals surface area contributed by atoms with Gasteiger partial charge in [-0.15, -0.1) is 0 Å². The first-order valence-corrected chi connectivity index (χ1v) is 48.6. The third-order valence-corrected chi connectivity index (χ3v) is 32.4. The molecule has 31 heteroatoms. The van der Waals surface area contributed by atoms with Gasteiger partial charge in [0.25, 0.3) is 30.4 Å². The van der Waals surface area contributed by atoms with E-state index in [2.05, 4.69) is 61.0 Å². The van der Waals surface area contributed by atoms with Gasteiger partial charge in [-0.2, -0.15) is 0 Å². The minimum Gasteiger partial charge on any atom is -0.457 e. The first kappa shape index (κ1) is 94.7. The van der Waals surface area contributed by atoms with Crippen LogP contribution >= 0.6 is 30.4 Å². The van der Waals surface area contributed by atoms with Gasteiger partial charge < -0.3 is 41.6 Å². The Kier molecular flexibility index (Phi) is 49.7. The first-order chi connectivity index (χ1) is 48.4. The van der Waals surface area contributed by atoms with Crippen molar-refractivity contribution in [3.8, 4) is 0 Å². The normalized spacial score (nSPS) is 24.1. The SMILES string of the molecule is O=P(NC1CCCCC1)(NC1CCCCC1)NC1CCCCC1.O=P(NC1CCCCC1)(NC1CCCCC1)NC1CCCCC1.O=P(NC1CCCCC1)(NC1CCCCC1)NC1CCCCC1.O=P(NC1CCCCC1)(NC1CCCCC1)NC1CCCCC1.O=[N+]([O-])[O-].O=[N+]([O-])[O-].[Cu+2].[OH3+].[OH3+]. The molecule has 1 radical (unpaired) electrons. The van der Waals surface area contributed by atoms with Gasteiger partial charge in [0.15, 0.2) is 0 Å². The van der Waals surface area contributed by atoms with Crippen LogP contribution in [0.3, 0.4) is 0 Å². The van der Waals surface area contributed by atoms with Gasteiger partial charge in [0.1, 0.15) is 0 Å². The molecule has 0 saturated heterocycles. The minimum atomic E-state index is -2.67. The Labute approximate surface area is 632 Å². The van der Waals surface area contributed by atoms with Crippen LogP contribution < -0.4 is 61.0 Å². The second-order valence-corrected chi connectivity index (χ2v) is 40.4. The molecule has 0 atom stereocenters. The average molecular weight is 1590 g/mol. The summed E-state index contributed by atoms with van der Waals surface area (Å²) in [6.45, 7) is 0. The molecule has 0 aromatic carbocycles. The summed E-state index contributed by atoms with van der Waals surface area (Å²) in [4.78, 5) is 16.5. The van der Waals surface area contributed by atoms with E-state index in [9.17, 15) is 18.3 Å². The van der Waals surface area contributed by atoms with Gasteiger partial charge in [0.2, 0.25) is 0 Å². The molecule has 12 rings (SSSR count). The third kappa shape index (κ3) is 41.4. The van der Waals surface area contributed by atoms with Gasteiger partial charge in [-0.3, -0.25) is 18.3 Å². The molecule has 0 amide bonds. The molecule has 12 fully saturated rings. The Hall–Kier alpha value is -0.721. The largest absolute Gasteiger partial charge is 2.00 e. The van der Waals surface area contributed by atoms with E-state index >= 15 is 0 Å². The summed E-state index contributed by atoms with van der Waals surface area (Å²) < 4.78 is 54.7. The first-order valence-electron chi connectivity index (χ1n) is 41.8. The summed E-state index contributed by atoms with van der Waals surface area (Å²) in [5.74, 6) is 0. The van der Waals surface area contributed by atoms with Crippen molar-refractivity contribution in [2.75, 3.05) is 0 Å². The Morgan fingerprint density at radius 2 is 0.233 bits per heavy atom. The van der Waals surface area contributed by atoms with Crippen LogP contribution in [0.2, 0.25) is 0 Å². The minimum absolute atomic E-state index is 0. The Bertz CT molecular complexity index is 1830. The van der Waals surface area contributed by atoms with Crippen LogP contribution in [-0.4, -0.2) is 82.7 Å². The Morgan fingerprint density at radius 3 is 0.291 bits per heavy atom. The Balaban J connectivity index is 0.000000278. The van der Waals surface area contributed by atoms with Gasteiger partial charge in [-0.1, -0.05) is 231 Å². The topological polar surface area (TPSA) is 411 Å². The second kappa shape index (κ2) is 54.0. The molecule has 609 valence electrons. The van der Waals surface area contributed by atoms with Gasteiger partial charge >= 0.3 is 17.1 Å². The predicted octanol–water partition coefficient (Wildman–Crippen LogP) is 17.1. The van der Waals surface area contributed by atoms with E-state index in [1.165, 1.54) is 385 Å². The summed E-state index contributed by atoms with van der Waals surface area (Å²) in [6.07, 6.45) is 75.3. The molecule has 12 aliphatic rings. The summed E-state index contributed by atoms with van der Waals surface area (Å²) in [5.41, 5.74) is 0. The van der Waals surface area contributed by atoms with E-state index in [4.69, 9.17) is 30.6 Å². The van der Waals surface area contributed by atoms with Crippen molar-refractivity contribution in [2.45, 2.75) is 458 Å². The van der Waals surface area contributed by atoms with Crippen LogP contribution in [-0.2, 0) is 46.3 Å². The molecule has 18 N–H and O–H groups in total. The van der Waals surface area contributed by atoms with Crippen molar-refractivity contribution in [3.63, 3.8) is 0 Å². The van der Waals surface area contributed by atoms with Gasteiger partial charge in [0.05, 0.1) is 10.2 Å². The molecule has 0 spiro atoms. The van der Waals surface area contributed by atoms with Crippen LogP contribution in [0.5, 0.6) is 0 Å². The van der Waals surface area contributed by atoms with Crippen molar-refractivity contribution in [1.29, 1.82) is 0 Å². The fraction of sp³-hybridized carbons (Fsp3) is 1.00. The van der Waals surface area contributed by atoms with Gasteiger partial charge in [-0.25, -0.2) is 61.0 Å². The molecule has 0 aliphatic heterocycles. The third-order valence-electron chi connectivity index (χ3n) is 23.6. The quantitative estimate of drug-likeness (QED) is 0.0140. The molecule has 0 unspecified atom stereocenters. The maximum atomic E-state index is 13.7. The maximum absolute atomic E-state index is 13.7. The molecule has 0 heterocycles. The fourth-order valence-electron chi connectivity index (χ4n) is 18.3. The van der Waals surface area contributed by atoms with Crippen LogP contribution in [0.4, 0.5) is 0 Å². The van der Waals surface area contributed by atoms with E-state index in [-0.39, 0.29) is 28.0 Å². The van der Waals surface area contributed by atoms with E-state index in [1.807, 2.05) is 0 Å². The fourth-order valence-corrected chi connectivity index (χ4v) is 28.5. The molecular weight excluding hydrogens is 1440 g/mol. The predicted molar refractivity (Wildman–Crippen MR) is 421 cm³/mol. The Morgan fingerprint density at radius 1 is 0.175 bits per heavy atom. The van der Waals surface area contributed by atoms with Crippen molar-refractivity contribution in [2.24, 2.45) is 0 Å². The second-order valence-electron chi connectivity index (χ2n) is 32.5. The van der Waals surface area contributed by atoms with Crippen molar-refractivity contribution in [3.05, 3.63) is 30.6 Å². The number of nitrogens with one attached hydrogen (secondary N) is 12. The van der Waals surface area contributed by atoms with Crippen LogP contribution in [0.15, 0.2) is 0 Å². The van der Waals surface area contributed by atoms with Crippen LogP contribution in [0.1, 0.15) is 385 Å². The molecule has 12 saturated carbocycles. The number of hydrogen-bond donors (Lipinski definition) is 12. The van der Waals surface area contributed by atoms with Crippen molar-refractivity contribution >= 4 is 30.4 Å². The molecule has 0 aromatic heterocycles. The van der Waals surface area contributed by atoms with Crippen molar-refractivity contribution < 1.29 is 56.5 Å². The molecule has 103 heavy (non-hydrogen) atoms. The molecule has 12 aliphatic carbocycles. The molecule has 0 bridgehead atoms. The number of nitrogens with zero attached hydrogens (tertiary/aromatic N) is 2. The monoisotopic (exact) mass is 1590 g/mol. The van der Waals surface area contributed by atoms with E-state index in [1.54, 1.807) is 0 Å². The summed E-state index contributed by atoms with van der Waals surface area (Å²) in [6, 6.07) is 5.19. The van der Waals surface area contributed by atoms with Gasteiger partial charge in [-0.05, 0) is 154 Å². The number of hydrogen-bond acceptors (Lipinski definition) is 10. The van der Waals surface area contributed by atoms with E-state index in [0.717, 1.165) is 0 Å². The summed E-state index contributed by atoms with van der Waals surface area (Å²) in [7, 11) is -10.7. The summed E-state index contributed by atoms with van der Waals surface area (Å²) >= 11 is 0. The van der Waals surface area contributed by atoms with Crippen molar-refractivity contribution in [1.82, 2.24) is 61.0 Å². The molecule has 0 aromatic rings. The molecular formula is C72H150CuN14O12P4+2. The van der Waals surface area contributed by atoms with Gasteiger partial charge in [0, 0.05) is 72.5 Å². The smallest absolute Gasteiger partial charge is 0.457 e. The summed E-state index contributed by atoms with van der Waals surface area (Å²) in [5, 5.41) is 72.2. The van der Waals surface area contributed by atoms with Crippen LogP contribution in [0, 0.1) is 30.6 Å².